The molecule has 1 N–H and O–H groups in total. The molecule has 0 bridgehead atoms. The quantitative estimate of drug-likeness (QED) is 0.639. The minimum absolute atomic E-state index is 0.279. The van der Waals surface area contributed by atoms with Crippen molar-refractivity contribution in [2.45, 2.75) is 46.5 Å². The van der Waals surface area contributed by atoms with E-state index in [0.29, 0.717) is 10.0 Å². The smallest absolute Gasteiger partial charge is 0.0595 e. The highest BCUT2D eigenvalue weighted by Crippen LogP contribution is 2.30. The molecule has 1 aromatic rings. The SMILES string of the molecule is CCCNCC(C)(CCC)Cc1ccc(Cl)c(Cl)c1. The van der Waals surface area contributed by atoms with Gasteiger partial charge in [-0.25, -0.2) is 0 Å². The van der Waals surface area contributed by atoms with Gasteiger partial charge >= 0.3 is 0 Å². The van der Waals surface area contributed by atoms with Crippen LogP contribution in [0.15, 0.2) is 18.2 Å². The summed E-state index contributed by atoms with van der Waals surface area (Å²) in [6.45, 7) is 8.92. The maximum Gasteiger partial charge on any atom is 0.0595 e. The van der Waals surface area contributed by atoms with Gasteiger partial charge in [0.05, 0.1) is 10.0 Å². The van der Waals surface area contributed by atoms with Crippen LogP contribution in [0.25, 0.3) is 0 Å². The molecule has 0 aliphatic carbocycles. The van der Waals surface area contributed by atoms with Gasteiger partial charge in [-0.15, -0.1) is 0 Å². The van der Waals surface area contributed by atoms with Gasteiger partial charge in [-0.05, 0) is 48.9 Å². The van der Waals surface area contributed by atoms with Crippen LogP contribution in [0.4, 0.5) is 0 Å². The molecule has 1 atom stereocenters. The predicted molar refractivity (Wildman–Crippen MR) is 86.3 cm³/mol. The summed E-state index contributed by atoms with van der Waals surface area (Å²) in [5, 5.41) is 4.83. The summed E-state index contributed by atoms with van der Waals surface area (Å²) < 4.78 is 0. The number of hydrogen-bond acceptors (Lipinski definition) is 1. The highest BCUT2D eigenvalue weighted by atomic mass is 35.5. The van der Waals surface area contributed by atoms with Crippen molar-refractivity contribution in [1.82, 2.24) is 5.32 Å². The molecule has 0 spiro atoms. The van der Waals surface area contributed by atoms with Crippen LogP contribution in [0, 0.1) is 5.41 Å². The topological polar surface area (TPSA) is 12.0 Å². The van der Waals surface area contributed by atoms with Gasteiger partial charge in [0.2, 0.25) is 0 Å². The van der Waals surface area contributed by atoms with Crippen molar-refractivity contribution in [1.29, 1.82) is 0 Å². The second-order valence-corrected chi connectivity index (χ2v) is 6.48. The third kappa shape index (κ3) is 5.72. The van der Waals surface area contributed by atoms with Crippen LogP contribution in [-0.2, 0) is 6.42 Å². The number of hydrogen-bond donors (Lipinski definition) is 1. The van der Waals surface area contributed by atoms with E-state index in [9.17, 15) is 0 Å². The molecule has 1 unspecified atom stereocenters. The lowest BCUT2D eigenvalue weighted by Gasteiger charge is -2.30. The van der Waals surface area contributed by atoms with Crippen LogP contribution in [-0.4, -0.2) is 13.1 Å². The van der Waals surface area contributed by atoms with E-state index in [0.717, 1.165) is 19.5 Å². The van der Waals surface area contributed by atoms with E-state index in [2.05, 4.69) is 32.2 Å². The summed E-state index contributed by atoms with van der Waals surface area (Å²) in [6, 6.07) is 5.98. The Morgan fingerprint density at radius 1 is 1.11 bits per heavy atom. The summed E-state index contributed by atoms with van der Waals surface area (Å²) in [5.74, 6) is 0. The zero-order chi connectivity index (χ0) is 14.3. The van der Waals surface area contributed by atoms with Gasteiger partial charge in [0, 0.05) is 6.54 Å². The first-order chi connectivity index (χ1) is 9.00. The fraction of sp³-hybridized carbons (Fsp3) is 0.625. The molecule has 0 aromatic heterocycles. The molecule has 19 heavy (non-hydrogen) atoms. The number of benzene rings is 1. The normalized spacial score (nSPS) is 14.4. The zero-order valence-electron chi connectivity index (χ0n) is 12.2. The fourth-order valence-corrected chi connectivity index (χ4v) is 2.87. The molecule has 1 rings (SSSR count). The molecule has 1 aromatic carbocycles. The van der Waals surface area contributed by atoms with Gasteiger partial charge in [0.15, 0.2) is 0 Å². The summed E-state index contributed by atoms with van der Waals surface area (Å²) in [5.41, 5.74) is 1.55. The van der Waals surface area contributed by atoms with Crippen LogP contribution in [0.3, 0.4) is 0 Å². The Morgan fingerprint density at radius 3 is 2.42 bits per heavy atom. The van der Waals surface area contributed by atoms with Crippen LogP contribution in [0.2, 0.25) is 10.0 Å². The fourth-order valence-electron chi connectivity index (χ4n) is 2.55. The van der Waals surface area contributed by atoms with E-state index in [4.69, 9.17) is 23.2 Å². The van der Waals surface area contributed by atoms with E-state index in [1.54, 1.807) is 0 Å². The molecule has 0 radical (unpaired) electrons. The average molecular weight is 302 g/mol. The van der Waals surface area contributed by atoms with Gasteiger partial charge in [0.25, 0.3) is 0 Å². The molecule has 0 aliphatic heterocycles. The summed E-state index contributed by atoms with van der Waals surface area (Å²) in [6.07, 6.45) is 4.62. The molecule has 0 saturated carbocycles. The first kappa shape index (κ1) is 16.8. The van der Waals surface area contributed by atoms with Crippen molar-refractivity contribution in [2.24, 2.45) is 5.41 Å². The van der Waals surface area contributed by atoms with Crippen LogP contribution < -0.4 is 5.32 Å². The van der Waals surface area contributed by atoms with Gasteiger partial charge in [0.1, 0.15) is 0 Å². The Balaban J connectivity index is 2.72. The van der Waals surface area contributed by atoms with Crippen molar-refractivity contribution >= 4 is 23.2 Å². The van der Waals surface area contributed by atoms with Crippen LogP contribution in [0.1, 0.15) is 45.6 Å². The maximum absolute atomic E-state index is 6.10. The lowest BCUT2D eigenvalue weighted by Crippen LogP contribution is -2.34. The molecule has 3 heteroatoms. The van der Waals surface area contributed by atoms with Gasteiger partial charge < -0.3 is 5.32 Å². The molecule has 108 valence electrons. The molecule has 0 aliphatic rings. The van der Waals surface area contributed by atoms with E-state index < -0.39 is 0 Å². The first-order valence-corrected chi connectivity index (χ1v) is 7.91. The predicted octanol–water partition coefficient (Wildman–Crippen LogP) is 5.34. The van der Waals surface area contributed by atoms with Crippen LogP contribution >= 0.6 is 23.2 Å². The van der Waals surface area contributed by atoms with Crippen molar-refractivity contribution in [3.63, 3.8) is 0 Å². The third-order valence-electron chi connectivity index (χ3n) is 3.45. The Hall–Kier alpha value is -0.240. The molecule has 0 heterocycles. The lowest BCUT2D eigenvalue weighted by molar-refractivity contribution is 0.275. The van der Waals surface area contributed by atoms with Gasteiger partial charge in [-0.3, -0.25) is 0 Å². The number of rotatable bonds is 8. The Labute approximate surface area is 127 Å². The Bertz CT molecular complexity index is 392. The molecular formula is C16H25Cl2N. The van der Waals surface area contributed by atoms with Gasteiger partial charge in [-0.1, -0.05) is 56.5 Å². The minimum atomic E-state index is 0.279. The molecular weight excluding hydrogens is 277 g/mol. The second kappa shape index (κ2) is 8.14. The average Bonchev–Trinajstić information content (AvgIpc) is 2.34. The summed E-state index contributed by atoms with van der Waals surface area (Å²) >= 11 is 12.1. The molecule has 0 saturated heterocycles. The Morgan fingerprint density at radius 2 is 1.84 bits per heavy atom. The lowest BCUT2D eigenvalue weighted by atomic mass is 9.79. The number of halogens is 2. The molecule has 1 nitrogen and oxygen atoms in total. The largest absolute Gasteiger partial charge is 0.316 e. The van der Waals surface area contributed by atoms with Crippen molar-refractivity contribution < 1.29 is 0 Å². The summed E-state index contributed by atoms with van der Waals surface area (Å²) in [7, 11) is 0. The standard InChI is InChI=1S/C16H25Cl2N/c1-4-8-16(3,12-19-9-5-2)11-13-6-7-14(17)15(18)10-13/h6-7,10,19H,4-5,8-9,11-12H2,1-3H3. The zero-order valence-corrected chi connectivity index (χ0v) is 13.7. The summed E-state index contributed by atoms with van der Waals surface area (Å²) in [4.78, 5) is 0. The highest BCUT2D eigenvalue weighted by Gasteiger charge is 2.23. The first-order valence-electron chi connectivity index (χ1n) is 7.15. The van der Waals surface area contributed by atoms with Crippen LogP contribution in [0.5, 0.6) is 0 Å². The van der Waals surface area contributed by atoms with E-state index in [1.807, 2.05) is 12.1 Å². The molecule has 0 fully saturated rings. The highest BCUT2D eigenvalue weighted by molar-refractivity contribution is 6.42. The third-order valence-corrected chi connectivity index (χ3v) is 4.19. The maximum atomic E-state index is 6.10. The van der Waals surface area contributed by atoms with E-state index >= 15 is 0 Å². The van der Waals surface area contributed by atoms with Gasteiger partial charge in [-0.2, -0.15) is 0 Å². The number of nitrogens with one attached hydrogen (secondary N) is 1. The van der Waals surface area contributed by atoms with E-state index in [1.165, 1.54) is 24.8 Å². The molecule has 0 amide bonds. The minimum Gasteiger partial charge on any atom is -0.316 e. The monoisotopic (exact) mass is 301 g/mol. The Kier molecular flexibility index (Phi) is 7.20. The second-order valence-electron chi connectivity index (χ2n) is 5.66. The van der Waals surface area contributed by atoms with Crippen molar-refractivity contribution in [3.8, 4) is 0 Å². The van der Waals surface area contributed by atoms with E-state index in [-0.39, 0.29) is 5.41 Å². The van der Waals surface area contributed by atoms with Crippen molar-refractivity contribution in [2.75, 3.05) is 13.1 Å². The van der Waals surface area contributed by atoms with Crippen molar-refractivity contribution in [3.05, 3.63) is 33.8 Å².